The molecule has 2 aliphatic rings. The van der Waals surface area contributed by atoms with Crippen LogP contribution < -0.4 is 15.6 Å². The van der Waals surface area contributed by atoms with E-state index in [0.717, 1.165) is 22.8 Å². The molecular formula is C46H34Cl2N6O5-2. The molecule has 59 heavy (non-hydrogen) atoms. The van der Waals surface area contributed by atoms with Gasteiger partial charge < -0.3 is 19.4 Å². The summed E-state index contributed by atoms with van der Waals surface area (Å²) in [6, 6.07) is 31.7. The Hall–Kier alpha value is -6.50. The van der Waals surface area contributed by atoms with Crippen molar-refractivity contribution in [2.45, 2.75) is 39.3 Å². The third-order valence-electron chi connectivity index (χ3n) is 9.93. The molecule has 0 N–H and O–H groups in total. The van der Waals surface area contributed by atoms with E-state index < -0.39 is 17.1 Å². The van der Waals surface area contributed by atoms with Crippen molar-refractivity contribution >= 4 is 40.1 Å². The monoisotopic (exact) mass is 820 g/mol. The lowest BCUT2D eigenvalue weighted by molar-refractivity contribution is -0.269. The van der Waals surface area contributed by atoms with Gasteiger partial charge in [-0.2, -0.15) is 0 Å². The van der Waals surface area contributed by atoms with E-state index >= 15 is 0 Å². The fourth-order valence-electron chi connectivity index (χ4n) is 7.31. The van der Waals surface area contributed by atoms with Crippen LogP contribution in [0.3, 0.4) is 0 Å². The summed E-state index contributed by atoms with van der Waals surface area (Å²) in [5.41, 5.74) is 3.89. The quantitative estimate of drug-likeness (QED) is 0.102. The van der Waals surface area contributed by atoms with Gasteiger partial charge in [-0.3, -0.25) is 34.5 Å². The number of rotatable bonds is 14. The maximum Gasteiger partial charge on any atom is 0.205 e. The second-order valence-corrected chi connectivity index (χ2v) is 14.8. The second kappa shape index (κ2) is 17.6. The van der Waals surface area contributed by atoms with Crippen LogP contribution in [0, 0.1) is 0 Å². The summed E-state index contributed by atoms with van der Waals surface area (Å²) in [6.07, 6.45) is 6.79. The van der Waals surface area contributed by atoms with E-state index in [-0.39, 0.29) is 56.7 Å². The number of pyridine rings is 4. The Morgan fingerprint density at radius 2 is 1.07 bits per heavy atom. The van der Waals surface area contributed by atoms with Gasteiger partial charge in [0, 0.05) is 96.7 Å². The molecule has 4 aromatic heterocycles. The normalized spacial score (nSPS) is 11.5. The maximum absolute atomic E-state index is 14.3. The number of hydrogen-bond acceptors (Lipinski definition) is 11. The lowest BCUT2D eigenvalue weighted by Gasteiger charge is -2.28. The van der Waals surface area contributed by atoms with Crippen LogP contribution in [0.1, 0.15) is 44.3 Å². The first-order valence-electron chi connectivity index (χ1n) is 18.7. The molecular weight excluding hydrogens is 787 g/mol. The van der Waals surface area contributed by atoms with Gasteiger partial charge in [0.15, 0.2) is 0 Å². The molecule has 2 aromatic carbocycles. The summed E-state index contributed by atoms with van der Waals surface area (Å²) >= 11 is 13.6. The van der Waals surface area contributed by atoms with Crippen molar-refractivity contribution in [2.24, 2.45) is 0 Å². The second-order valence-electron chi connectivity index (χ2n) is 14.0. The van der Waals surface area contributed by atoms with Crippen LogP contribution in [0.25, 0.3) is 33.4 Å². The molecule has 0 bridgehead atoms. The summed E-state index contributed by atoms with van der Waals surface area (Å²) in [5, 5.41) is 27.2. The van der Waals surface area contributed by atoms with Crippen LogP contribution >= 0.6 is 23.2 Å². The van der Waals surface area contributed by atoms with E-state index in [4.69, 9.17) is 27.6 Å². The number of carbonyl (C=O) groups excluding carboxylic acids is 1. The minimum atomic E-state index is -1.42. The van der Waals surface area contributed by atoms with E-state index in [2.05, 4.69) is 19.9 Å². The summed E-state index contributed by atoms with van der Waals surface area (Å²) in [5.74, 6) is -1.78. The van der Waals surface area contributed by atoms with Gasteiger partial charge in [-0.1, -0.05) is 77.5 Å². The summed E-state index contributed by atoms with van der Waals surface area (Å²) in [7, 11) is 0. The van der Waals surface area contributed by atoms with E-state index in [1.54, 1.807) is 43.0 Å². The third-order valence-corrected chi connectivity index (χ3v) is 10.5. The minimum absolute atomic E-state index is 0.0260. The highest BCUT2D eigenvalue weighted by Gasteiger charge is 2.29. The van der Waals surface area contributed by atoms with Crippen molar-refractivity contribution in [1.82, 2.24) is 29.7 Å². The Bertz CT molecular complexity index is 2690. The number of carbonyl (C=O) groups is 1. The molecule has 0 saturated carbocycles. The average molecular weight is 822 g/mol. The highest BCUT2D eigenvalue weighted by Crippen LogP contribution is 2.47. The van der Waals surface area contributed by atoms with Crippen molar-refractivity contribution < 1.29 is 19.4 Å². The molecule has 6 aromatic rings. The van der Waals surface area contributed by atoms with Crippen LogP contribution in [-0.2, 0) is 39.3 Å². The summed E-state index contributed by atoms with van der Waals surface area (Å²) < 4.78 is 6.85. The molecule has 8 rings (SSSR count). The SMILES string of the molecule is O=C([O-])c1ccccc1-c1c2cc(Cl)c(=O)c(CN(Cc3ccccn3)Cc3ccccn3)c-2oc2c(CN(Cc3ccccn3)Cc3ccccn3)c([O-])c(Cl)cc12. The molecule has 0 fully saturated rings. The molecule has 5 heterocycles. The molecule has 0 atom stereocenters. The Morgan fingerprint density at radius 1 is 0.593 bits per heavy atom. The van der Waals surface area contributed by atoms with Crippen molar-refractivity contribution in [3.05, 3.63) is 194 Å². The lowest BCUT2D eigenvalue weighted by atomic mass is 9.88. The Balaban J connectivity index is 1.37. The first-order valence-corrected chi connectivity index (χ1v) is 19.4. The smallest absolute Gasteiger partial charge is 0.205 e. The largest absolute Gasteiger partial charge is 0.871 e. The standard InChI is InChI=1S/C46H36Cl2N6O5/c47-39-21-35-41(33-15-1-2-16-34(33)46(57)58)36-22-40(48)43(56)38(28-54(25-31-13-5-9-19-51-31)26-32-14-6-10-20-52-32)45(36)59-44(35)37(42(39)55)27-53(23-29-11-3-7-17-49-29)24-30-12-4-8-18-50-30/h1-22,55H,23-28H2,(H,57,58)/p-2. The number of halogens is 2. The highest BCUT2D eigenvalue weighted by molar-refractivity contribution is 6.33. The summed E-state index contributed by atoms with van der Waals surface area (Å²) in [4.78, 5) is 49.1. The Morgan fingerprint density at radius 3 is 1.54 bits per heavy atom. The molecule has 13 heteroatoms. The van der Waals surface area contributed by atoms with Crippen molar-refractivity contribution in [2.75, 3.05) is 0 Å². The molecule has 0 unspecified atom stereocenters. The van der Waals surface area contributed by atoms with Crippen molar-refractivity contribution in [3.8, 4) is 28.2 Å². The maximum atomic E-state index is 14.3. The lowest BCUT2D eigenvalue weighted by Crippen LogP contribution is -2.27. The topological polar surface area (TPSA) is 151 Å². The molecule has 0 saturated heterocycles. The number of benzene rings is 3. The van der Waals surface area contributed by atoms with Crippen LogP contribution in [0.15, 0.2) is 143 Å². The average Bonchev–Trinajstić information content (AvgIpc) is 3.25. The fourth-order valence-corrected chi connectivity index (χ4v) is 7.76. The predicted octanol–water partition coefficient (Wildman–Crippen LogP) is 7.29. The Kier molecular flexibility index (Phi) is 11.7. The zero-order valence-electron chi connectivity index (χ0n) is 31.4. The van der Waals surface area contributed by atoms with E-state index in [0.29, 0.717) is 42.7 Å². The van der Waals surface area contributed by atoms with Gasteiger partial charge >= 0.3 is 0 Å². The van der Waals surface area contributed by atoms with Crippen LogP contribution in [-0.4, -0.2) is 35.7 Å². The van der Waals surface area contributed by atoms with Gasteiger partial charge in [0.1, 0.15) is 11.3 Å². The number of carboxylic acid groups (broad SMARTS) is 1. The van der Waals surface area contributed by atoms with Crippen molar-refractivity contribution in [1.29, 1.82) is 0 Å². The number of aromatic nitrogens is 4. The van der Waals surface area contributed by atoms with E-state index in [9.17, 15) is 19.8 Å². The number of aromatic carboxylic acids is 1. The van der Waals surface area contributed by atoms with Gasteiger partial charge in [-0.05, 0) is 66.2 Å². The number of carboxylic acids is 1. The molecule has 1 aliphatic heterocycles. The number of fused-ring (bicyclic) bond motifs is 2. The van der Waals surface area contributed by atoms with Crippen LogP contribution in [0.2, 0.25) is 10.0 Å². The molecule has 0 amide bonds. The predicted molar refractivity (Wildman–Crippen MR) is 221 cm³/mol. The molecule has 0 radical (unpaired) electrons. The van der Waals surface area contributed by atoms with Crippen LogP contribution in [0.4, 0.5) is 0 Å². The van der Waals surface area contributed by atoms with Gasteiger partial charge in [0.2, 0.25) is 5.43 Å². The van der Waals surface area contributed by atoms with Gasteiger partial charge in [0.25, 0.3) is 0 Å². The molecule has 1 aliphatic carbocycles. The highest BCUT2D eigenvalue weighted by atomic mass is 35.5. The van der Waals surface area contributed by atoms with E-state index in [1.165, 1.54) is 18.2 Å². The molecule has 11 nitrogen and oxygen atoms in total. The summed E-state index contributed by atoms with van der Waals surface area (Å²) in [6.45, 7) is 1.39. The van der Waals surface area contributed by atoms with Crippen LogP contribution in [0.5, 0.6) is 5.75 Å². The number of nitrogens with zero attached hydrogens (tertiary/aromatic N) is 6. The van der Waals surface area contributed by atoms with Gasteiger partial charge in [0.05, 0.1) is 39.3 Å². The van der Waals surface area contributed by atoms with Gasteiger partial charge in [-0.15, -0.1) is 0 Å². The Labute approximate surface area is 349 Å². The third kappa shape index (κ3) is 8.69. The first-order chi connectivity index (χ1) is 28.7. The molecule has 0 spiro atoms. The fraction of sp³-hybridized carbons (Fsp3) is 0.130. The zero-order valence-corrected chi connectivity index (χ0v) is 32.9. The van der Waals surface area contributed by atoms with E-state index in [1.807, 2.05) is 82.6 Å². The first kappa shape index (κ1) is 39.3. The van der Waals surface area contributed by atoms with Crippen molar-refractivity contribution in [3.63, 3.8) is 0 Å². The minimum Gasteiger partial charge on any atom is -0.871 e. The number of hydrogen-bond donors (Lipinski definition) is 0. The zero-order chi connectivity index (χ0) is 40.9. The molecule has 294 valence electrons. The van der Waals surface area contributed by atoms with Gasteiger partial charge in [-0.25, -0.2) is 0 Å².